The average molecular weight is 226 g/mol. The molecule has 1 fully saturated rings. The summed E-state index contributed by atoms with van der Waals surface area (Å²) < 4.78 is 0. The highest BCUT2D eigenvalue weighted by Crippen LogP contribution is 2.10. The first-order chi connectivity index (χ1) is 7.25. The van der Waals surface area contributed by atoms with E-state index in [2.05, 4.69) is 20.9 Å². The summed E-state index contributed by atoms with van der Waals surface area (Å²) in [5.74, 6) is -0.266. The fraction of sp³-hybridized carbons (Fsp3) is 0.375. The Bertz CT molecular complexity index is 355. The van der Waals surface area contributed by atoms with Gasteiger partial charge in [0.25, 0.3) is 0 Å². The molecule has 6 nitrogen and oxygen atoms in total. The molecule has 1 aromatic rings. The second-order valence-electron chi connectivity index (χ2n) is 3.06. The molecular weight excluding hydrogens is 216 g/mol. The minimum Gasteiger partial charge on any atom is -0.353 e. The van der Waals surface area contributed by atoms with Gasteiger partial charge in [-0.3, -0.25) is 14.9 Å². The lowest BCUT2D eigenvalue weighted by Gasteiger charge is -2.22. The number of nitrogens with zero attached hydrogens (tertiary/aromatic N) is 1. The van der Waals surface area contributed by atoms with Crippen molar-refractivity contribution in [2.24, 2.45) is 0 Å². The molecule has 0 aliphatic carbocycles. The molecule has 1 aromatic heterocycles. The number of carbonyl (C=O) groups excluding carboxylic acids is 2. The van der Waals surface area contributed by atoms with Gasteiger partial charge in [0.05, 0.1) is 6.54 Å². The Labute approximate surface area is 90.1 Å². The van der Waals surface area contributed by atoms with Gasteiger partial charge in [-0.15, -0.1) is 11.3 Å². The molecule has 0 spiro atoms. The third-order valence-electron chi connectivity index (χ3n) is 1.99. The number of amides is 2. The van der Waals surface area contributed by atoms with E-state index in [1.165, 1.54) is 11.3 Å². The lowest BCUT2D eigenvalue weighted by molar-refractivity contribution is -0.124. The lowest BCUT2D eigenvalue weighted by Crippen LogP contribution is -2.56. The molecule has 1 atom stereocenters. The Kier molecular flexibility index (Phi) is 2.93. The Morgan fingerprint density at radius 1 is 1.67 bits per heavy atom. The minimum absolute atomic E-state index is 0.0895. The maximum absolute atomic E-state index is 11.6. The van der Waals surface area contributed by atoms with Crippen LogP contribution < -0.4 is 16.0 Å². The molecule has 0 bridgehead atoms. The molecule has 2 heterocycles. The summed E-state index contributed by atoms with van der Waals surface area (Å²) in [6.07, 6.45) is 1.62. The molecule has 80 valence electrons. The molecule has 15 heavy (non-hydrogen) atoms. The van der Waals surface area contributed by atoms with Crippen LogP contribution >= 0.6 is 11.3 Å². The van der Waals surface area contributed by atoms with Gasteiger partial charge in [-0.05, 0) is 0 Å². The minimum atomic E-state index is -0.383. The van der Waals surface area contributed by atoms with Crippen LogP contribution in [0.3, 0.4) is 0 Å². The number of hydrogen-bond donors (Lipinski definition) is 3. The molecule has 0 saturated carbocycles. The highest BCUT2D eigenvalue weighted by Gasteiger charge is 2.23. The predicted molar refractivity (Wildman–Crippen MR) is 55.5 cm³/mol. The van der Waals surface area contributed by atoms with E-state index in [1.54, 1.807) is 11.6 Å². The summed E-state index contributed by atoms with van der Waals surface area (Å²) in [6, 6.07) is -0.383. The summed E-state index contributed by atoms with van der Waals surface area (Å²) in [7, 11) is 0. The zero-order chi connectivity index (χ0) is 10.7. The van der Waals surface area contributed by atoms with Gasteiger partial charge >= 0.3 is 0 Å². The van der Waals surface area contributed by atoms with E-state index in [0.717, 1.165) is 0 Å². The summed E-state index contributed by atoms with van der Waals surface area (Å²) in [5.41, 5.74) is 0. The van der Waals surface area contributed by atoms with Crippen molar-refractivity contribution in [1.29, 1.82) is 0 Å². The molecule has 2 rings (SSSR count). The van der Waals surface area contributed by atoms with Crippen molar-refractivity contribution in [3.8, 4) is 0 Å². The molecule has 0 aromatic carbocycles. The van der Waals surface area contributed by atoms with E-state index in [9.17, 15) is 9.59 Å². The van der Waals surface area contributed by atoms with Crippen LogP contribution in [0.1, 0.15) is 0 Å². The van der Waals surface area contributed by atoms with E-state index < -0.39 is 0 Å². The van der Waals surface area contributed by atoms with Crippen LogP contribution in [0.4, 0.5) is 5.13 Å². The van der Waals surface area contributed by atoms with Crippen LogP contribution in [0.25, 0.3) is 0 Å². The Balaban J connectivity index is 1.89. The van der Waals surface area contributed by atoms with Crippen molar-refractivity contribution in [3.05, 3.63) is 11.6 Å². The van der Waals surface area contributed by atoms with Crippen molar-refractivity contribution in [2.45, 2.75) is 6.04 Å². The monoisotopic (exact) mass is 226 g/mol. The molecular formula is C8H10N4O2S. The lowest BCUT2D eigenvalue weighted by atomic mass is 10.2. The standard InChI is InChI=1S/C8H10N4O2S/c13-6-4-10-5(3-11-6)7(14)12-8-9-1-2-15-8/h1-2,5,10H,3-4H2,(H,11,13)(H,9,12,14). The summed E-state index contributed by atoms with van der Waals surface area (Å²) >= 11 is 1.36. The molecule has 3 N–H and O–H groups in total. The van der Waals surface area contributed by atoms with Crippen molar-refractivity contribution in [3.63, 3.8) is 0 Å². The third kappa shape index (κ3) is 2.51. The Morgan fingerprint density at radius 2 is 2.53 bits per heavy atom. The van der Waals surface area contributed by atoms with Crippen molar-refractivity contribution in [2.75, 3.05) is 18.4 Å². The number of carbonyl (C=O) groups is 2. The van der Waals surface area contributed by atoms with Gasteiger partial charge in [-0.1, -0.05) is 0 Å². The van der Waals surface area contributed by atoms with Crippen LogP contribution in [0.5, 0.6) is 0 Å². The molecule has 1 aliphatic rings. The van der Waals surface area contributed by atoms with Crippen LogP contribution in [0.2, 0.25) is 0 Å². The average Bonchev–Trinajstić information content (AvgIpc) is 2.71. The number of hydrogen-bond acceptors (Lipinski definition) is 5. The second kappa shape index (κ2) is 4.37. The third-order valence-corrected chi connectivity index (χ3v) is 2.68. The van der Waals surface area contributed by atoms with E-state index in [0.29, 0.717) is 11.7 Å². The van der Waals surface area contributed by atoms with Gasteiger partial charge < -0.3 is 10.6 Å². The molecule has 1 saturated heterocycles. The first-order valence-corrected chi connectivity index (χ1v) is 5.34. The van der Waals surface area contributed by atoms with Crippen molar-refractivity contribution < 1.29 is 9.59 Å². The maximum Gasteiger partial charge on any atom is 0.245 e. The summed E-state index contributed by atoms with van der Waals surface area (Å²) in [6.45, 7) is 0.492. The van der Waals surface area contributed by atoms with Gasteiger partial charge in [-0.25, -0.2) is 4.98 Å². The number of anilines is 1. The number of piperazine rings is 1. The fourth-order valence-electron chi connectivity index (χ4n) is 1.23. The smallest absolute Gasteiger partial charge is 0.245 e. The van der Waals surface area contributed by atoms with Crippen molar-refractivity contribution >= 4 is 28.3 Å². The van der Waals surface area contributed by atoms with Crippen LogP contribution in [0.15, 0.2) is 11.6 Å². The molecule has 1 aliphatic heterocycles. The Hall–Kier alpha value is -1.47. The zero-order valence-corrected chi connectivity index (χ0v) is 8.63. The number of rotatable bonds is 2. The fourth-order valence-corrected chi connectivity index (χ4v) is 1.76. The molecule has 2 amide bonds. The SMILES string of the molecule is O=C1CNC(C(=O)Nc2nccs2)CN1. The first-order valence-electron chi connectivity index (χ1n) is 4.46. The van der Waals surface area contributed by atoms with Crippen LogP contribution in [-0.4, -0.2) is 35.9 Å². The predicted octanol–water partition coefficient (Wildman–Crippen LogP) is -0.830. The normalized spacial score (nSPS) is 20.8. The topological polar surface area (TPSA) is 83.1 Å². The van der Waals surface area contributed by atoms with Gasteiger partial charge in [0.1, 0.15) is 6.04 Å². The van der Waals surface area contributed by atoms with Gasteiger partial charge in [0.15, 0.2) is 5.13 Å². The second-order valence-corrected chi connectivity index (χ2v) is 3.96. The number of aromatic nitrogens is 1. The van der Waals surface area contributed by atoms with Gasteiger partial charge in [-0.2, -0.15) is 0 Å². The number of thiazole rings is 1. The number of nitrogens with one attached hydrogen (secondary N) is 3. The van der Waals surface area contributed by atoms with Crippen LogP contribution in [-0.2, 0) is 9.59 Å². The maximum atomic E-state index is 11.6. The van der Waals surface area contributed by atoms with Crippen LogP contribution in [0, 0.1) is 0 Å². The largest absolute Gasteiger partial charge is 0.353 e. The van der Waals surface area contributed by atoms with E-state index in [1.807, 2.05) is 0 Å². The van der Waals surface area contributed by atoms with Gasteiger partial charge in [0, 0.05) is 18.1 Å². The highest BCUT2D eigenvalue weighted by molar-refractivity contribution is 7.13. The highest BCUT2D eigenvalue weighted by atomic mass is 32.1. The summed E-state index contributed by atoms with van der Waals surface area (Å²) in [5, 5.41) is 10.5. The van der Waals surface area contributed by atoms with E-state index >= 15 is 0 Å². The molecule has 0 radical (unpaired) electrons. The Morgan fingerprint density at radius 3 is 3.13 bits per heavy atom. The van der Waals surface area contributed by atoms with E-state index in [4.69, 9.17) is 0 Å². The first kappa shape index (κ1) is 10.1. The summed E-state index contributed by atoms with van der Waals surface area (Å²) in [4.78, 5) is 26.4. The molecule has 7 heteroatoms. The van der Waals surface area contributed by atoms with Gasteiger partial charge in [0.2, 0.25) is 11.8 Å². The quantitative estimate of drug-likeness (QED) is 0.614. The van der Waals surface area contributed by atoms with Crippen molar-refractivity contribution in [1.82, 2.24) is 15.6 Å². The molecule has 1 unspecified atom stereocenters. The zero-order valence-electron chi connectivity index (χ0n) is 7.82. The van der Waals surface area contributed by atoms with E-state index in [-0.39, 0.29) is 24.4 Å².